The molecule has 0 bridgehead atoms. The van der Waals surface area contributed by atoms with Crippen LogP contribution in [0.5, 0.6) is 0 Å². The minimum Gasteiger partial charge on any atom is -0.367 e. The van der Waals surface area contributed by atoms with Gasteiger partial charge in [-0.15, -0.1) is 0 Å². The molecular weight excluding hydrogens is 226 g/mol. The number of carbonyl (C=O) groups is 1. The van der Waals surface area contributed by atoms with Crippen molar-refractivity contribution in [2.45, 2.75) is 19.4 Å². The van der Waals surface area contributed by atoms with Crippen molar-refractivity contribution in [1.29, 1.82) is 0 Å². The summed E-state index contributed by atoms with van der Waals surface area (Å²) in [4.78, 5) is 13.8. The molecule has 1 aromatic rings. The molecular formula is C14H17N3O. The molecule has 1 unspecified atom stereocenters. The number of hydrogen-bond donors (Lipinski definition) is 2. The Morgan fingerprint density at radius 3 is 3.06 bits per heavy atom. The molecule has 0 aromatic heterocycles. The van der Waals surface area contributed by atoms with Crippen molar-refractivity contribution in [1.82, 2.24) is 0 Å². The van der Waals surface area contributed by atoms with E-state index in [1.54, 1.807) is 0 Å². The van der Waals surface area contributed by atoms with E-state index in [1.165, 1.54) is 5.57 Å². The lowest BCUT2D eigenvalue weighted by atomic mass is 10.1. The maximum Gasteiger partial charge on any atom is 0.245 e. The molecule has 1 atom stereocenters. The van der Waals surface area contributed by atoms with Gasteiger partial charge < -0.3 is 16.0 Å². The van der Waals surface area contributed by atoms with Crippen molar-refractivity contribution >= 4 is 17.3 Å². The summed E-state index contributed by atoms with van der Waals surface area (Å²) in [6.07, 6.45) is 3.36. The number of anilines is 2. The maximum absolute atomic E-state index is 11.5. The molecule has 3 N–H and O–H groups in total. The van der Waals surface area contributed by atoms with Crippen molar-refractivity contribution in [2.24, 2.45) is 5.73 Å². The summed E-state index contributed by atoms with van der Waals surface area (Å²) in [5.74, 6) is -0.114. The smallest absolute Gasteiger partial charge is 0.245 e. The highest BCUT2D eigenvalue weighted by Crippen LogP contribution is 2.33. The van der Waals surface area contributed by atoms with Crippen LogP contribution in [0.1, 0.15) is 24.9 Å². The Labute approximate surface area is 106 Å². The highest BCUT2D eigenvalue weighted by molar-refractivity contribution is 6.02. The SMILES string of the molecule is CC1=CCCN(c2ccc3c(c2)NC(=O)C3N)C1. The molecule has 0 fully saturated rings. The number of hydrogen-bond acceptors (Lipinski definition) is 3. The molecule has 0 spiro atoms. The number of benzene rings is 1. The number of amides is 1. The van der Waals surface area contributed by atoms with Crippen LogP contribution in [-0.2, 0) is 4.79 Å². The third-order valence-electron chi connectivity index (χ3n) is 3.61. The lowest BCUT2D eigenvalue weighted by Gasteiger charge is -2.28. The van der Waals surface area contributed by atoms with Gasteiger partial charge in [0.1, 0.15) is 6.04 Å². The molecule has 18 heavy (non-hydrogen) atoms. The molecule has 2 aliphatic rings. The van der Waals surface area contributed by atoms with Gasteiger partial charge in [-0.25, -0.2) is 0 Å². The molecule has 1 aromatic carbocycles. The minimum atomic E-state index is -0.517. The second-order valence-electron chi connectivity index (χ2n) is 5.00. The molecule has 0 saturated carbocycles. The van der Waals surface area contributed by atoms with E-state index >= 15 is 0 Å². The van der Waals surface area contributed by atoms with E-state index in [9.17, 15) is 4.79 Å². The van der Waals surface area contributed by atoms with Crippen molar-refractivity contribution in [3.63, 3.8) is 0 Å². The Balaban J connectivity index is 1.90. The number of nitrogens with two attached hydrogens (primary N) is 1. The minimum absolute atomic E-state index is 0.114. The average molecular weight is 243 g/mol. The quantitative estimate of drug-likeness (QED) is 0.739. The summed E-state index contributed by atoms with van der Waals surface area (Å²) in [6, 6.07) is 5.52. The number of nitrogens with zero attached hydrogens (tertiary/aromatic N) is 1. The number of rotatable bonds is 1. The van der Waals surface area contributed by atoms with E-state index in [-0.39, 0.29) is 5.91 Å². The molecule has 2 aliphatic heterocycles. The van der Waals surface area contributed by atoms with Gasteiger partial charge >= 0.3 is 0 Å². The Kier molecular flexibility index (Phi) is 2.59. The Hall–Kier alpha value is -1.81. The van der Waals surface area contributed by atoms with Gasteiger partial charge in [0.2, 0.25) is 5.91 Å². The second kappa shape index (κ2) is 4.14. The summed E-state index contributed by atoms with van der Waals surface area (Å²) in [7, 11) is 0. The Morgan fingerprint density at radius 2 is 2.28 bits per heavy atom. The van der Waals surface area contributed by atoms with E-state index in [0.29, 0.717) is 0 Å². The lowest BCUT2D eigenvalue weighted by molar-refractivity contribution is -0.116. The van der Waals surface area contributed by atoms with Crippen LogP contribution in [0.3, 0.4) is 0 Å². The summed E-state index contributed by atoms with van der Waals surface area (Å²) in [6.45, 7) is 4.13. The van der Waals surface area contributed by atoms with Crippen LogP contribution in [-0.4, -0.2) is 19.0 Å². The number of carbonyl (C=O) groups excluding carboxylic acids is 1. The van der Waals surface area contributed by atoms with Gasteiger partial charge in [-0.3, -0.25) is 4.79 Å². The van der Waals surface area contributed by atoms with Crippen LogP contribution in [0, 0.1) is 0 Å². The summed E-state index contributed by atoms with van der Waals surface area (Å²) < 4.78 is 0. The Morgan fingerprint density at radius 1 is 1.44 bits per heavy atom. The summed E-state index contributed by atoms with van der Waals surface area (Å²) >= 11 is 0. The topological polar surface area (TPSA) is 58.4 Å². The van der Waals surface area contributed by atoms with E-state index in [1.807, 2.05) is 12.1 Å². The van der Waals surface area contributed by atoms with E-state index in [2.05, 4.69) is 29.3 Å². The zero-order chi connectivity index (χ0) is 12.7. The second-order valence-corrected chi connectivity index (χ2v) is 5.00. The van der Waals surface area contributed by atoms with Gasteiger partial charge in [-0.1, -0.05) is 17.7 Å². The highest BCUT2D eigenvalue weighted by Gasteiger charge is 2.27. The van der Waals surface area contributed by atoms with Gasteiger partial charge in [-0.2, -0.15) is 0 Å². The van der Waals surface area contributed by atoms with Crippen LogP contribution in [0.4, 0.5) is 11.4 Å². The van der Waals surface area contributed by atoms with Gasteiger partial charge in [0.05, 0.1) is 0 Å². The van der Waals surface area contributed by atoms with Crippen LogP contribution in [0.2, 0.25) is 0 Å². The highest BCUT2D eigenvalue weighted by atomic mass is 16.2. The van der Waals surface area contributed by atoms with Crippen LogP contribution in [0.15, 0.2) is 29.8 Å². The standard InChI is InChI=1S/C14H17N3O/c1-9-3-2-6-17(8-9)10-4-5-11-12(7-10)16-14(18)13(11)15/h3-5,7,13H,2,6,8,15H2,1H3,(H,16,18). The normalized spacial score (nSPS) is 22.6. The predicted octanol–water partition coefficient (Wildman–Crippen LogP) is 1.79. The summed E-state index contributed by atoms with van der Waals surface area (Å²) in [5.41, 5.74) is 10.1. The third kappa shape index (κ3) is 1.78. The zero-order valence-corrected chi connectivity index (χ0v) is 10.4. The van der Waals surface area contributed by atoms with Gasteiger partial charge in [0.15, 0.2) is 0 Å². The van der Waals surface area contributed by atoms with Crippen molar-refractivity contribution < 1.29 is 4.79 Å². The molecule has 0 aliphatic carbocycles. The first-order valence-electron chi connectivity index (χ1n) is 6.26. The van der Waals surface area contributed by atoms with Gasteiger partial charge in [0.25, 0.3) is 0 Å². The predicted molar refractivity (Wildman–Crippen MR) is 72.6 cm³/mol. The van der Waals surface area contributed by atoms with Crippen molar-refractivity contribution in [2.75, 3.05) is 23.3 Å². The fourth-order valence-corrected chi connectivity index (χ4v) is 2.60. The first-order valence-corrected chi connectivity index (χ1v) is 6.26. The van der Waals surface area contributed by atoms with Crippen LogP contribution in [0.25, 0.3) is 0 Å². The molecule has 2 heterocycles. The molecule has 4 heteroatoms. The molecule has 4 nitrogen and oxygen atoms in total. The molecule has 94 valence electrons. The molecule has 0 saturated heterocycles. The largest absolute Gasteiger partial charge is 0.367 e. The Bertz CT molecular complexity index is 536. The molecule has 0 radical (unpaired) electrons. The van der Waals surface area contributed by atoms with Gasteiger partial charge in [0, 0.05) is 30.0 Å². The first-order chi connectivity index (χ1) is 8.65. The molecule has 3 rings (SSSR count). The van der Waals surface area contributed by atoms with E-state index in [4.69, 9.17) is 5.73 Å². The fourth-order valence-electron chi connectivity index (χ4n) is 2.60. The third-order valence-corrected chi connectivity index (χ3v) is 3.61. The zero-order valence-electron chi connectivity index (χ0n) is 10.4. The molecule has 1 amide bonds. The van der Waals surface area contributed by atoms with Crippen LogP contribution < -0.4 is 16.0 Å². The average Bonchev–Trinajstić information content (AvgIpc) is 2.65. The maximum atomic E-state index is 11.5. The number of fused-ring (bicyclic) bond motifs is 1. The van der Waals surface area contributed by atoms with Crippen molar-refractivity contribution in [3.8, 4) is 0 Å². The fraction of sp³-hybridized carbons (Fsp3) is 0.357. The van der Waals surface area contributed by atoms with Crippen molar-refractivity contribution in [3.05, 3.63) is 35.4 Å². The number of nitrogens with one attached hydrogen (secondary N) is 1. The summed E-state index contributed by atoms with van der Waals surface area (Å²) in [5, 5.41) is 2.83. The first kappa shape index (κ1) is 11.3. The van der Waals surface area contributed by atoms with E-state index < -0.39 is 6.04 Å². The van der Waals surface area contributed by atoms with E-state index in [0.717, 1.165) is 36.4 Å². The van der Waals surface area contributed by atoms with Gasteiger partial charge in [-0.05, 0) is 25.5 Å². The lowest BCUT2D eigenvalue weighted by Crippen LogP contribution is -2.29. The van der Waals surface area contributed by atoms with Crippen LogP contribution >= 0.6 is 0 Å². The monoisotopic (exact) mass is 243 g/mol.